The molecule has 0 spiro atoms. The second-order valence-electron chi connectivity index (χ2n) is 5.90. The van der Waals surface area contributed by atoms with Gasteiger partial charge in [-0.1, -0.05) is 18.2 Å². The second kappa shape index (κ2) is 7.57. The molecule has 0 aliphatic carbocycles. The SMILES string of the molecule is CCN(C(=O)CN1CCCC(CN)C1)c1ccccc1C. The zero-order valence-corrected chi connectivity index (χ0v) is 13.2. The number of carbonyl (C=O) groups is 1. The lowest BCUT2D eigenvalue weighted by atomic mass is 9.98. The molecule has 1 aliphatic heterocycles. The van der Waals surface area contributed by atoms with E-state index >= 15 is 0 Å². The van der Waals surface area contributed by atoms with Gasteiger partial charge in [0.2, 0.25) is 5.91 Å². The summed E-state index contributed by atoms with van der Waals surface area (Å²) in [6, 6.07) is 8.07. The van der Waals surface area contributed by atoms with Crippen LogP contribution < -0.4 is 10.6 Å². The first-order valence-corrected chi connectivity index (χ1v) is 7.94. The Bertz CT molecular complexity index is 475. The summed E-state index contributed by atoms with van der Waals surface area (Å²) in [5, 5.41) is 0. The highest BCUT2D eigenvalue weighted by molar-refractivity contribution is 5.95. The van der Waals surface area contributed by atoms with Gasteiger partial charge in [-0.05, 0) is 57.3 Å². The predicted molar refractivity (Wildman–Crippen MR) is 87.4 cm³/mol. The van der Waals surface area contributed by atoms with E-state index in [1.807, 2.05) is 30.0 Å². The Balaban J connectivity index is 2.02. The molecule has 1 unspecified atom stereocenters. The molecule has 0 saturated carbocycles. The van der Waals surface area contributed by atoms with Crippen LogP contribution in [-0.4, -0.2) is 43.5 Å². The summed E-state index contributed by atoms with van der Waals surface area (Å²) in [7, 11) is 0. The molecular formula is C17H27N3O. The van der Waals surface area contributed by atoms with Crippen LogP contribution in [0, 0.1) is 12.8 Å². The molecule has 0 aromatic heterocycles. The lowest BCUT2D eigenvalue weighted by Gasteiger charge is -2.33. The maximum atomic E-state index is 12.6. The van der Waals surface area contributed by atoms with E-state index in [1.165, 1.54) is 6.42 Å². The molecule has 1 aromatic rings. The Morgan fingerprint density at radius 1 is 1.43 bits per heavy atom. The van der Waals surface area contributed by atoms with Gasteiger partial charge in [-0.15, -0.1) is 0 Å². The van der Waals surface area contributed by atoms with Crippen LogP contribution in [0.2, 0.25) is 0 Å². The van der Waals surface area contributed by atoms with Crippen LogP contribution in [0.15, 0.2) is 24.3 Å². The lowest BCUT2D eigenvalue weighted by molar-refractivity contribution is -0.120. The van der Waals surface area contributed by atoms with Gasteiger partial charge in [-0.3, -0.25) is 9.69 Å². The molecule has 1 aromatic carbocycles. The summed E-state index contributed by atoms with van der Waals surface area (Å²) in [5.41, 5.74) is 7.94. The van der Waals surface area contributed by atoms with E-state index in [2.05, 4.69) is 17.9 Å². The number of hydrogen-bond acceptors (Lipinski definition) is 3. The third-order valence-corrected chi connectivity index (χ3v) is 4.32. The number of rotatable bonds is 5. The Labute approximate surface area is 127 Å². The Morgan fingerprint density at radius 2 is 2.19 bits per heavy atom. The minimum Gasteiger partial charge on any atom is -0.330 e. The third-order valence-electron chi connectivity index (χ3n) is 4.32. The number of nitrogens with zero attached hydrogens (tertiary/aromatic N) is 2. The van der Waals surface area contributed by atoms with Crippen molar-refractivity contribution < 1.29 is 4.79 Å². The molecule has 1 heterocycles. The minimum absolute atomic E-state index is 0.185. The number of amides is 1. The number of para-hydroxylation sites is 1. The summed E-state index contributed by atoms with van der Waals surface area (Å²) in [4.78, 5) is 16.8. The average molecular weight is 289 g/mol. The number of likely N-dealkylation sites (tertiary alicyclic amines) is 1. The lowest BCUT2D eigenvalue weighted by Crippen LogP contribution is -2.45. The van der Waals surface area contributed by atoms with Crippen molar-refractivity contribution >= 4 is 11.6 Å². The van der Waals surface area contributed by atoms with Crippen LogP contribution in [0.5, 0.6) is 0 Å². The Hall–Kier alpha value is -1.39. The molecule has 0 radical (unpaired) electrons. The molecule has 2 N–H and O–H groups in total. The summed E-state index contributed by atoms with van der Waals surface area (Å²) in [6.07, 6.45) is 2.34. The first kappa shape index (κ1) is 16.0. The minimum atomic E-state index is 0.185. The first-order chi connectivity index (χ1) is 10.2. The summed E-state index contributed by atoms with van der Waals surface area (Å²) >= 11 is 0. The topological polar surface area (TPSA) is 49.6 Å². The number of anilines is 1. The zero-order valence-electron chi connectivity index (χ0n) is 13.2. The van der Waals surface area contributed by atoms with Crippen LogP contribution in [0.1, 0.15) is 25.3 Å². The highest BCUT2D eigenvalue weighted by Gasteiger charge is 2.23. The van der Waals surface area contributed by atoms with Crippen molar-refractivity contribution in [3.05, 3.63) is 29.8 Å². The van der Waals surface area contributed by atoms with Gasteiger partial charge in [0.15, 0.2) is 0 Å². The van der Waals surface area contributed by atoms with Gasteiger partial charge < -0.3 is 10.6 Å². The second-order valence-corrected chi connectivity index (χ2v) is 5.90. The third kappa shape index (κ3) is 4.05. The highest BCUT2D eigenvalue weighted by Crippen LogP contribution is 2.20. The van der Waals surface area contributed by atoms with E-state index in [1.54, 1.807) is 0 Å². The van der Waals surface area contributed by atoms with Crippen LogP contribution in [0.4, 0.5) is 5.69 Å². The van der Waals surface area contributed by atoms with E-state index in [4.69, 9.17) is 5.73 Å². The van der Waals surface area contributed by atoms with Crippen LogP contribution in [0.3, 0.4) is 0 Å². The summed E-state index contributed by atoms with van der Waals surface area (Å²) < 4.78 is 0. The fourth-order valence-corrected chi connectivity index (χ4v) is 3.11. The quantitative estimate of drug-likeness (QED) is 0.902. The van der Waals surface area contributed by atoms with Gasteiger partial charge in [0, 0.05) is 18.8 Å². The summed E-state index contributed by atoms with van der Waals surface area (Å²) in [6.45, 7) is 7.97. The molecule has 0 bridgehead atoms. The number of nitrogens with two attached hydrogens (primary N) is 1. The Morgan fingerprint density at radius 3 is 2.86 bits per heavy atom. The summed E-state index contributed by atoms with van der Waals surface area (Å²) in [5.74, 6) is 0.726. The van der Waals surface area contributed by atoms with Gasteiger partial charge in [-0.2, -0.15) is 0 Å². The molecule has 1 saturated heterocycles. The normalized spacial score (nSPS) is 19.5. The highest BCUT2D eigenvalue weighted by atomic mass is 16.2. The van der Waals surface area contributed by atoms with E-state index < -0.39 is 0 Å². The molecule has 1 aliphatic rings. The number of likely N-dealkylation sites (N-methyl/N-ethyl adjacent to an activating group) is 1. The molecule has 4 nitrogen and oxygen atoms in total. The van der Waals surface area contributed by atoms with Gasteiger partial charge in [0.1, 0.15) is 0 Å². The van der Waals surface area contributed by atoms with Gasteiger partial charge in [0.25, 0.3) is 0 Å². The smallest absolute Gasteiger partial charge is 0.241 e. The maximum absolute atomic E-state index is 12.6. The first-order valence-electron chi connectivity index (χ1n) is 7.94. The number of hydrogen-bond donors (Lipinski definition) is 1. The van der Waals surface area contributed by atoms with Crippen molar-refractivity contribution in [2.75, 3.05) is 37.6 Å². The van der Waals surface area contributed by atoms with Crippen molar-refractivity contribution in [2.24, 2.45) is 11.7 Å². The molecule has 1 fully saturated rings. The van der Waals surface area contributed by atoms with Gasteiger partial charge >= 0.3 is 0 Å². The van der Waals surface area contributed by atoms with Gasteiger partial charge in [0.05, 0.1) is 6.54 Å². The predicted octanol–water partition coefficient (Wildman–Crippen LogP) is 2.02. The molecule has 2 rings (SSSR count). The Kier molecular flexibility index (Phi) is 5.76. The van der Waals surface area contributed by atoms with Crippen LogP contribution >= 0.6 is 0 Å². The molecular weight excluding hydrogens is 262 g/mol. The number of carbonyl (C=O) groups excluding carboxylic acids is 1. The van der Waals surface area contributed by atoms with Crippen LogP contribution in [-0.2, 0) is 4.79 Å². The fraction of sp³-hybridized carbons (Fsp3) is 0.588. The van der Waals surface area contributed by atoms with Crippen molar-refractivity contribution in [2.45, 2.75) is 26.7 Å². The largest absolute Gasteiger partial charge is 0.330 e. The van der Waals surface area contributed by atoms with E-state index in [0.29, 0.717) is 19.0 Å². The van der Waals surface area contributed by atoms with Gasteiger partial charge in [-0.25, -0.2) is 0 Å². The molecule has 4 heteroatoms. The van der Waals surface area contributed by atoms with E-state index in [9.17, 15) is 4.79 Å². The molecule has 116 valence electrons. The van der Waals surface area contributed by atoms with Crippen LogP contribution in [0.25, 0.3) is 0 Å². The zero-order chi connectivity index (χ0) is 15.2. The van der Waals surface area contributed by atoms with Crippen molar-refractivity contribution in [3.63, 3.8) is 0 Å². The maximum Gasteiger partial charge on any atom is 0.241 e. The number of aryl methyl sites for hydroxylation is 1. The monoisotopic (exact) mass is 289 g/mol. The van der Waals surface area contributed by atoms with Crippen molar-refractivity contribution in [1.82, 2.24) is 4.90 Å². The molecule has 1 atom stereocenters. The van der Waals surface area contributed by atoms with E-state index in [-0.39, 0.29) is 5.91 Å². The number of piperidine rings is 1. The fourth-order valence-electron chi connectivity index (χ4n) is 3.11. The molecule has 1 amide bonds. The number of benzene rings is 1. The standard InChI is InChI=1S/C17H27N3O/c1-3-20(16-9-5-4-7-14(16)2)17(21)13-19-10-6-8-15(11-18)12-19/h4-5,7,9,15H,3,6,8,10-13,18H2,1-2H3. The van der Waals surface area contributed by atoms with E-state index in [0.717, 1.165) is 37.3 Å². The van der Waals surface area contributed by atoms with Crippen molar-refractivity contribution in [3.8, 4) is 0 Å². The average Bonchev–Trinajstić information content (AvgIpc) is 2.50. The van der Waals surface area contributed by atoms with Crippen molar-refractivity contribution in [1.29, 1.82) is 0 Å². The molecule has 21 heavy (non-hydrogen) atoms.